The quantitative estimate of drug-likeness (QED) is 0.504. The SMILES string of the molecule is C/C(=C\CCc1ccoc1)CC/C=C(\C)CCCN1CCSCC1. The van der Waals surface area contributed by atoms with Gasteiger partial charge in [0.05, 0.1) is 12.5 Å². The molecule has 0 atom stereocenters. The summed E-state index contributed by atoms with van der Waals surface area (Å²) in [5, 5.41) is 0. The molecule has 0 unspecified atom stereocenters. The van der Waals surface area contributed by atoms with Crippen molar-refractivity contribution in [1.29, 1.82) is 0 Å². The Balaban J connectivity index is 1.54. The fourth-order valence-electron chi connectivity index (χ4n) is 3.08. The Morgan fingerprint density at radius 3 is 2.62 bits per heavy atom. The van der Waals surface area contributed by atoms with Gasteiger partial charge in [-0.3, -0.25) is 0 Å². The minimum atomic E-state index is 1.08. The standard InChI is InChI=1S/C21H33NOS/c1-19(8-4-10-21-11-15-23-18-21)6-3-7-20(2)9-5-12-22-13-16-24-17-14-22/h7-8,11,15,18H,3-6,9-10,12-14,16-17H2,1-2H3/b19-8+,20-7+. The van der Waals surface area contributed by atoms with Crippen molar-refractivity contribution < 1.29 is 4.42 Å². The van der Waals surface area contributed by atoms with Gasteiger partial charge in [-0.1, -0.05) is 23.3 Å². The van der Waals surface area contributed by atoms with Crippen LogP contribution in [-0.4, -0.2) is 36.0 Å². The third kappa shape index (κ3) is 8.25. The van der Waals surface area contributed by atoms with Crippen molar-refractivity contribution >= 4 is 11.8 Å². The van der Waals surface area contributed by atoms with Gasteiger partial charge >= 0.3 is 0 Å². The Hall–Kier alpha value is -0.930. The second-order valence-corrected chi connectivity index (χ2v) is 8.09. The van der Waals surface area contributed by atoms with Gasteiger partial charge in [0.25, 0.3) is 0 Å². The second-order valence-electron chi connectivity index (χ2n) is 6.87. The molecule has 0 saturated carbocycles. The van der Waals surface area contributed by atoms with Crippen molar-refractivity contribution in [3.05, 3.63) is 47.5 Å². The van der Waals surface area contributed by atoms with Crippen LogP contribution in [0.15, 0.2) is 46.3 Å². The van der Waals surface area contributed by atoms with E-state index in [4.69, 9.17) is 4.42 Å². The highest BCUT2D eigenvalue weighted by Gasteiger charge is 2.09. The normalized spacial score (nSPS) is 17.4. The first-order valence-corrected chi connectivity index (χ1v) is 10.5. The van der Waals surface area contributed by atoms with Crippen molar-refractivity contribution in [2.75, 3.05) is 31.1 Å². The van der Waals surface area contributed by atoms with Crippen molar-refractivity contribution in [3.63, 3.8) is 0 Å². The number of hydrogen-bond acceptors (Lipinski definition) is 3. The van der Waals surface area contributed by atoms with Gasteiger partial charge in [-0.25, -0.2) is 0 Å². The van der Waals surface area contributed by atoms with Crippen molar-refractivity contribution in [1.82, 2.24) is 4.90 Å². The van der Waals surface area contributed by atoms with E-state index in [2.05, 4.69) is 48.7 Å². The van der Waals surface area contributed by atoms with Gasteiger partial charge in [0, 0.05) is 24.6 Å². The summed E-state index contributed by atoms with van der Waals surface area (Å²) in [6, 6.07) is 2.05. The maximum Gasteiger partial charge on any atom is 0.0934 e. The molecule has 1 saturated heterocycles. The van der Waals surface area contributed by atoms with Crippen LogP contribution in [0.25, 0.3) is 0 Å². The smallest absolute Gasteiger partial charge is 0.0934 e. The van der Waals surface area contributed by atoms with E-state index in [0.717, 1.165) is 12.8 Å². The number of rotatable bonds is 10. The van der Waals surface area contributed by atoms with Crippen molar-refractivity contribution in [2.45, 2.75) is 52.4 Å². The molecule has 2 rings (SSSR count). The maximum atomic E-state index is 5.10. The zero-order valence-electron chi connectivity index (χ0n) is 15.4. The minimum Gasteiger partial charge on any atom is -0.472 e. The zero-order valence-corrected chi connectivity index (χ0v) is 16.2. The molecular weight excluding hydrogens is 314 g/mol. The molecule has 3 heteroatoms. The van der Waals surface area contributed by atoms with Crippen molar-refractivity contribution in [2.24, 2.45) is 0 Å². The molecule has 134 valence electrons. The van der Waals surface area contributed by atoms with E-state index < -0.39 is 0 Å². The average Bonchev–Trinajstić information content (AvgIpc) is 3.09. The first-order chi connectivity index (χ1) is 11.7. The predicted molar refractivity (Wildman–Crippen MR) is 107 cm³/mol. The van der Waals surface area contributed by atoms with Gasteiger partial charge in [-0.05, 0) is 70.5 Å². The number of hydrogen-bond donors (Lipinski definition) is 0. The number of aryl methyl sites for hydroxylation is 1. The van der Waals surface area contributed by atoms with Crippen LogP contribution in [0.2, 0.25) is 0 Å². The summed E-state index contributed by atoms with van der Waals surface area (Å²) in [4.78, 5) is 2.62. The fraction of sp³-hybridized carbons (Fsp3) is 0.619. The van der Waals surface area contributed by atoms with E-state index in [0.29, 0.717) is 0 Å². The number of thioether (sulfide) groups is 1. The molecule has 0 radical (unpaired) electrons. The van der Waals surface area contributed by atoms with E-state index in [1.165, 1.54) is 68.0 Å². The van der Waals surface area contributed by atoms with E-state index >= 15 is 0 Å². The summed E-state index contributed by atoms with van der Waals surface area (Å²) >= 11 is 2.09. The summed E-state index contributed by atoms with van der Waals surface area (Å²) in [6.07, 6.45) is 15.6. The Morgan fingerprint density at radius 2 is 1.88 bits per heavy atom. The van der Waals surface area contributed by atoms with Crippen LogP contribution in [0.4, 0.5) is 0 Å². The van der Waals surface area contributed by atoms with Crippen LogP contribution < -0.4 is 0 Å². The van der Waals surface area contributed by atoms with E-state index in [9.17, 15) is 0 Å². The lowest BCUT2D eigenvalue weighted by molar-refractivity contribution is 0.298. The highest BCUT2D eigenvalue weighted by molar-refractivity contribution is 7.99. The van der Waals surface area contributed by atoms with Crippen molar-refractivity contribution in [3.8, 4) is 0 Å². The molecule has 0 bridgehead atoms. The van der Waals surface area contributed by atoms with E-state index in [-0.39, 0.29) is 0 Å². The second kappa shape index (κ2) is 11.6. The molecule has 1 aliphatic rings. The van der Waals surface area contributed by atoms with Gasteiger partial charge in [0.1, 0.15) is 0 Å². The lowest BCUT2D eigenvalue weighted by atomic mass is 10.1. The summed E-state index contributed by atoms with van der Waals surface area (Å²) in [5.74, 6) is 2.64. The molecule has 0 aliphatic carbocycles. The fourth-order valence-corrected chi connectivity index (χ4v) is 4.06. The molecule has 0 N–H and O–H groups in total. The summed E-state index contributed by atoms with van der Waals surface area (Å²) in [5.41, 5.74) is 4.36. The first-order valence-electron chi connectivity index (χ1n) is 9.36. The van der Waals surface area contributed by atoms with Crippen LogP contribution in [0.3, 0.4) is 0 Å². The molecule has 1 fully saturated rings. The third-order valence-corrected chi connectivity index (χ3v) is 5.63. The lowest BCUT2D eigenvalue weighted by Gasteiger charge is -2.25. The molecule has 0 aromatic carbocycles. The van der Waals surface area contributed by atoms with Gasteiger partial charge < -0.3 is 9.32 Å². The summed E-state index contributed by atoms with van der Waals surface area (Å²) in [6.45, 7) is 8.40. The lowest BCUT2D eigenvalue weighted by Crippen LogP contribution is -2.33. The summed E-state index contributed by atoms with van der Waals surface area (Å²) in [7, 11) is 0. The molecule has 1 aromatic rings. The molecule has 2 nitrogen and oxygen atoms in total. The maximum absolute atomic E-state index is 5.10. The Morgan fingerprint density at radius 1 is 1.12 bits per heavy atom. The Bertz CT molecular complexity index is 498. The molecule has 1 aromatic heterocycles. The molecule has 2 heterocycles. The highest BCUT2D eigenvalue weighted by atomic mass is 32.2. The number of furan rings is 1. The largest absolute Gasteiger partial charge is 0.472 e. The molecule has 0 spiro atoms. The average molecular weight is 348 g/mol. The van der Waals surface area contributed by atoms with E-state index in [1.54, 1.807) is 11.8 Å². The van der Waals surface area contributed by atoms with Crippen LogP contribution >= 0.6 is 11.8 Å². The first kappa shape index (κ1) is 19.4. The Labute approximate surface area is 152 Å². The van der Waals surface area contributed by atoms with Gasteiger partial charge in [0.2, 0.25) is 0 Å². The van der Waals surface area contributed by atoms with Crippen LogP contribution in [0.1, 0.15) is 51.5 Å². The highest BCUT2D eigenvalue weighted by Crippen LogP contribution is 2.14. The van der Waals surface area contributed by atoms with Crippen LogP contribution in [0, 0.1) is 0 Å². The van der Waals surface area contributed by atoms with Gasteiger partial charge in [0.15, 0.2) is 0 Å². The van der Waals surface area contributed by atoms with Gasteiger partial charge in [-0.15, -0.1) is 0 Å². The summed E-state index contributed by atoms with van der Waals surface area (Å²) < 4.78 is 5.10. The topological polar surface area (TPSA) is 16.4 Å². The number of nitrogens with zero attached hydrogens (tertiary/aromatic N) is 1. The monoisotopic (exact) mass is 347 g/mol. The van der Waals surface area contributed by atoms with Crippen LogP contribution in [-0.2, 0) is 6.42 Å². The molecule has 24 heavy (non-hydrogen) atoms. The molecular formula is C21H33NOS. The molecule has 1 aliphatic heterocycles. The molecule has 0 amide bonds. The minimum absolute atomic E-state index is 1.08. The van der Waals surface area contributed by atoms with Gasteiger partial charge in [-0.2, -0.15) is 11.8 Å². The zero-order chi connectivity index (χ0) is 17.0. The van der Waals surface area contributed by atoms with E-state index in [1.807, 2.05) is 6.26 Å². The Kier molecular flexibility index (Phi) is 9.37. The predicted octanol–water partition coefficient (Wildman–Crippen LogP) is 5.71. The number of allylic oxidation sites excluding steroid dienone is 4. The van der Waals surface area contributed by atoms with Crippen LogP contribution in [0.5, 0.6) is 0 Å². The third-order valence-electron chi connectivity index (χ3n) is 4.69.